The SMILES string of the molecule is CCCCC(CCCC)=C(F)/C(F)=C(\F)c1ccc(C)cc1. The maximum atomic E-state index is 14.3. The summed E-state index contributed by atoms with van der Waals surface area (Å²) in [5.74, 6) is -3.51. The van der Waals surface area contributed by atoms with E-state index in [4.69, 9.17) is 0 Å². The van der Waals surface area contributed by atoms with Gasteiger partial charge in [-0.1, -0.05) is 56.5 Å². The van der Waals surface area contributed by atoms with Crippen molar-refractivity contribution in [1.82, 2.24) is 0 Å². The molecule has 1 aromatic rings. The molecule has 0 aliphatic carbocycles. The van der Waals surface area contributed by atoms with Crippen molar-refractivity contribution in [2.75, 3.05) is 0 Å². The summed E-state index contributed by atoms with van der Waals surface area (Å²) >= 11 is 0. The second-order valence-electron chi connectivity index (χ2n) is 5.62. The van der Waals surface area contributed by atoms with E-state index in [1.165, 1.54) is 12.1 Å². The Kier molecular flexibility index (Phi) is 8.00. The summed E-state index contributed by atoms with van der Waals surface area (Å²) in [6, 6.07) is 6.29. The summed E-state index contributed by atoms with van der Waals surface area (Å²) in [4.78, 5) is 0. The van der Waals surface area contributed by atoms with Gasteiger partial charge in [-0.05, 0) is 38.2 Å². The summed E-state index contributed by atoms with van der Waals surface area (Å²) in [6.07, 6.45) is 4.33. The highest BCUT2D eigenvalue weighted by molar-refractivity contribution is 5.64. The van der Waals surface area contributed by atoms with Gasteiger partial charge < -0.3 is 0 Å². The van der Waals surface area contributed by atoms with Crippen LogP contribution >= 0.6 is 0 Å². The molecule has 0 heterocycles. The van der Waals surface area contributed by atoms with E-state index in [-0.39, 0.29) is 5.56 Å². The summed E-state index contributed by atoms with van der Waals surface area (Å²) in [6.45, 7) is 5.85. The number of hydrogen-bond acceptors (Lipinski definition) is 0. The van der Waals surface area contributed by atoms with Gasteiger partial charge >= 0.3 is 0 Å². The molecule has 0 atom stereocenters. The Labute approximate surface area is 131 Å². The van der Waals surface area contributed by atoms with Gasteiger partial charge in [-0.15, -0.1) is 0 Å². The smallest absolute Gasteiger partial charge is 0.194 e. The van der Waals surface area contributed by atoms with E-state index in [1.807, 2.05) is 20.8 Å². The Morgan fingerprint density at radius 2 is 1.32 bits per heavy atom. The van der Waals surface area contributed by atoms with Crippen LogP contribution < -0.4 is 0 Å². The third kappa shape index (κ3) is 5.36. The molecule has 22 heavy (non-hydrogen) atoms. The van der Waals surface area contributed by atoms with Crippen molar-refractivity contribution < 1.29 is 13.2 Å². The maximum absolute atomic E-state index is 14.3. The highest BCUT2D eigenvalue weighted by Crippen LogP contribution is 2.32. The predicted octanol–water partition coefficient (Wildman–Crippen LogP) is 7.21. The van der Waals surface area contributed by atoms with Gasteiger partial charge in [-0.2, -0.15) is 0 Å². The minimum absolute atomic E-state index is 0.0728. The largest absolute Gasteiger partial charge is 0.204 e. The first-order valence-corrected chi connectivity index (χ1v) is 8.01. The number of aryl methyl sites for hydroxylation is 1. The maximum Gasteiger partial charge on any atom is 0.194 e. The minimum atomic E-state index is -1.37. The van der Waals surface area contributed by atoms with Crippen LogP contribution in [-0.4, -0.2) is 0 Å². The Morgan fingerprint density at radius 3 is 1.77 bits per heavy atom. The zero-order valence-electron chi connectivity index (χ0n) is 13.7. The fourth-order valence-electron chi connectivity index (χ4n) is 2.20. The molecule has 0 saturated heterocycles. The second-order valence-corrected chi connectivity index (χ2v) is 5.62. The lowest BCUT2D eigenvalue weighted by Gasteiger charge is -2.09. The lowest BCUT2D eigenvalue weighted by Crippen LogP contribution is -1.93. The first-order valence-electron chi connectivity index (χ1n) is 8.01. The molecule has 3 heteroatoms. The van der Waals surface area contributed by atoms with Crippen LogP contribution in [0.15, 0.2) is 41.5 Å². The molecule has 1 aromatic carbocycles. The number of benzene rings is 1. The summed E-state index contributed by atoms with van der Waals surface area (Å²) in [5, 5.41) is 0. The second kappa shape index (κ2) is 9.50. The third-order valence-corrected chi connectivity index (χ3v) is 3.67. The van der Waals surface area contributed by atoms with E-state index < -0.39 is 17.5 Å². The zero-order chi connectivity index (χ0) is 16.5. The van der Waals surface area contributed by atoms with Crippen LogP contribution in [0.4, 0.5) is 13.2 Å². The lowest BCUT2D eigenvalue weighted by molar-refractivity contribution is 0.511. The molecule has 0 nitrogen and oxygen atoms in total. The van der Waals surface area contributed by atoms with Crippen LogP contribution in [-0.2, 0) is 0 Å². The van der Waals surface area contributed by atoms with Crippen molar-refractivity contribution in [3.63, 3.8) is 0 Å². The molecule has 0 bridgehead atoms. The van der Waals surface area contributed by atoms with Crippen molar-refractivity contribution >= 4 is 5.83 Å². The van der Waals surface area contributed by atoms with Crippen molar-refractivity contribution in [3.05, 3.63) is 52.6 Å². The Hall–Kier alpha value is -1.51. The quantitative estimate of drug-likeness (QED) is 0.445. The molecule has 0 aliphatic heterocycles. The van der Waals surface area contributed by atoms with E-state index in [0.29, 0.717) is 18.4 Å². The molecule has 0 amide bonds. The van der Waals surface area contributed by atoms with Gasteiger partial charge in [0, 0.05) is 5.56 Å². The molecule has 0 fully saturated rings. The Balaban J connectivity index is 3.11. The standard InChI is InChI=1S/C19H25F3/c1-4-6-8-15(9-7-5-2)17(20)19(22)18(21)16-12-10-14(3)11-13-16/h10-13H,4-9H2,1-3H3/b19-18+. The van der Waals surface area contributed by atoms with E-state index >= 15 is 0 Å². The third-order valence-electron chi connectivity index (χ3n) is 3.67. The van der Waals surface area contributed by atoms with Crippen LogP contribution in [0.1, 0.15) is 63.5 Å². The summed E-state index contributed by atoms with van der Waals surface area (Å²) in [7, 11) is 0. The molecule has 0 saturated carbocycles. The lowest BCUT2D eigenvalue weighted by atomic mass is 10.0. The molecule has 0 spiro atoms. The highest BCUT2D eigenvalue weighted by atomic mass is 19.2. The van der Waals surface area contributed by atoms with Gasteiger partial charge in [-0.25, -0.2) is 13.2 Å². The molecule has 0 N–H and O–H groups in total. The molecular weight excluding hydrogens is 285 g/mol. The summed E-state index contributed by atoms with van der Waals surface area (Å²) < 4.78 is 42.6. The fourth-order valence-corrected chi connectivity index (χ4v) is 2.20. The zero-order valence-corrected chi connectivity index (χ0v) is 13.7. The van der Waals surface area contributed by atoms with E-state index in [2.05, 4.69) is 0 Å². The van der Waals surface area contributed by atoms with Crippen molar-refractivity contribution in [2.45, 2.75) is 59.3 Å². The molecular formula is C19H25F3. The van der Waals surface area contributed by atoms with Gasteiger partial charge in [-0.3, -0.25) is 0 Å². The van der Waals surface area contributed by atoms with Crippen LogP contribution in [0.25, 0.3) is 5.83 Å². The molecule has 0 radical (unpaired) electrons. The van der Waals surface area contributed by atoms with Crippen molar-refractivity contribution in [3.8, 4) is 0 Å². The van der Waals surface area contributed by atoms with Crippen LogP contribution in [0, 0.1) is 6.92 Å². The van der Waals surface area contributed by atoms with E-state index in [1.54, 1.807) is 12.1 Å². The van der Waals surface area contributed by atoms with E-state index in [9.17, 15) is 13.2 Å². The summed E-state index contributed by atoms with van der Waals surface area (Å²) in [5.41, 5.74) is 1.41. The molecule has 0 aromatic heterocycles. The van der Waals surface area contributed by atoms with Crippen LogP contribution in [0.3, 0.4) is 0 Å². The Bertz CT molecular complexity index is 514. The predicted molar refractivity (Wildman–Crippen MR) is 87.5 cm³/mol. The molecule has 0 unspecified atom stereocenters. The topological polar surface area (TPSA) is 0 Å². The molecule has 0 aliphatic rings. The van der Waals surface area contributed by atoms with E-state index in [0.717, 1.165) is 31.2 Å². The number of rotatable bonds is 8. The number of allylic oxidation sites excluding steroid dienone is 3. The molecule has 122 valence electrons. The minimum Gasteiger partial charge on any atom is -0.204 e. The van der Waals surface area contributed by atoms with Crippen LogP contribution in [0.5, 0.6) is 0 Å². The first-order chi connectivity index (χ1) is 10.5. The highest BCUT2D eigenvalue weighted by Gasteiger charge is 2.17. The first kappa shape index (κ1) is 18.5. The normalized spacial score (nSPS) is 12.1. The van der Waals surface area contributed by atoms with Gasteiger partial charge in [0.05, 0.1) is 0 Å². The average molecular weight is 310 g/mol. The number of halogens is 3. The fraction of sp³-hybridized carbons (Fsp3) is 0.474. The Morgan fingerprint density at radius 1 is 0.818 bits per heavy atom. The van der Waals surface area contributed by atoms with Crippen molar-refractivity contribution in [2.24, 2.45) is 0 Å². The average Bonchev–Trinajstić information content (AvgIpc) is 2.53. The van der Waals surface area contributed by atoms with Gasteiger partial charge in [0.25, 0.3) is 0 Å². The van der Waals surface area contributed by atoms with Crippen LogP contribution in [0.2, 0.25) is 0 Å². The van der Waals surface area contributed by atoms with Crippen molar-refractivity contribution in [1.29, 1.82) is 0 Å². The van der Waals surface area contributed by atoms with Gasteiger partial charge in [0.1, 0.15) is 0 Å². The van der Waals surface area contributed by atoms with Gasteiger partial charge in [0.2, 0.25) is 0 Å². The number of hydrogen-bond donors (Lipinski definition) is 0. The number of unbranched alkanes of at least 4 members (excludes halogenated alkanes) is 2. The molecule has 1 rings (SSSR count). The van der Waals surface area contributed by atoms with Gasteiger partial charge in [0.15, 0.2) is 17.5 Å². The monoisotopic (exact) mass is 310 g/mol.